The van der Waals surface area contributed by atoms with Gasteiger partial charge in [-0.05, 0) is 50.0 Å². The summed E-state index contributed by atoms with van der Waals surface area (Å²) in [6.07, 6.45) is 0. The fourth-order valence-corrected chi connectivity index (χ4v) is 3.33. The van der Waals surface area contributed by atoms with Crippen LogP contribution in [0.3, 0.4) is 0 Å². The Balaban J connectivity index is 2.07. The number of allylic oxidation sites excluding steroid dienone is 1. The summed E-state index contributed by atoms with van der Waals surface area (Å²) in [5.74, 6) is 0.117. The van der Waals surface area contributed by atoms with Crippen LogP contribution in [-0.2, 0) is 16.8 Å². The zero-order valence-corrected chi connectivity index (χ0v) is 14.8. The lowest BCUT2D eigenvalue weighted by Crippen LogP contribution is -2.30. The Hall–Kier alpha value is -2.19. The van der Waals surface area contributed by atoms with Crippen molar-refractivity contribution in [1.29, 1.82) is 0 Å². The highest BCUT2D eigenvalue weighted by molar-refractivity contribution is 6.20. The monoisotopic (exact) mass is 320 g/mol. The maximum Gasteiger partial charge on any atom is 0.178 e. The van der Waals surface area contributed by atoms with Gasteiger partial charge in [-0.2, -0.15) is 0 Å². The van der Waals surface area contributed by atoms with Crippen LogP contribution < -0.4 is 0 Å². The lowest BCUT2D eigenvalue weighted by Gasteiger charge is -2.28. The Morgan fingerprint density at radius 1 is 1.00 bits per heavy atom. The Bertz CT molecular complexity index is 774. The molecular weight excluding hydrogens is 296 g/mol. The first-order chi connectivity index (χ1) is 11.2. The average molecular weight is 320 g/mol. The van der Waals surface area contributed by atoms with Gasteiger partial charge in [0.25, 0.3) is 0 Å². The fourth-order valence-electron chi connectivity index (χ4n) is 3.33. The van der Waals surface area contributed by atoms with Crippen molar-refractivity contribution in [3.63, 3.8) is 0 Å². The van der Waals surface area contributed by atoms with Crippen molar-refractivity contribution < 1.29 is 9.53 Å². The first-order valence-corrected chi connectivity index (χ1v) is 8.31. The van der Waals surface area contributed by atoms with Crippen LogP contribution in [0.4, 0.5) is 0 Å². The van der Waals surface area contributed by atoms with Crippen LogP contribution >= 0.6 is 0 Å². The van der Waals surface area contributed by atoms with Crippen LogP contribution in [0.1, 0.15) is 54.7 Å². The molecule has 24 heavy (non-hydrogen) atoms. The molecule has 0 radical (unpaired) electrons. The molecule has 0 N–H and O–H groups in total. The lowest BCUT2D eigenvalue weighted by atomic mass is 9.74. The van der Waals surface area contributed by atoms with E-state index in [-0.39, 0.29) is 11.4 Å². The average Bonchev–Trinajstić information content (AvgIpc) is 2.76. The van der Waals surface area contributed by atoms with E-state index in [4.69, 9.17) is 4.74 Å². The molecule has 0 saturated heterocycles. The molecule has 3 rings (SSSR count). The zero-order chi connectivity index (χ0) is 17.5. The largest absolute Gasteiger partial charge is 0.371 e. The molecule has 124 valence electrons. The molecule has 0 fully saturated rings. The minimum Gasteiger partial charge on any atom is -0.371 e. The van der Waals surface area contributed by atoms with Crippen molar-refractivity contribution in [2.75, 3.05) is 0 Å². The maximum absolute atomic E-state index is 13.2. The van der Waals surface area contributed by atoms with Gasteiger partial charge in [-0.3, -0.25) is 4.79 Å². The number of rotatable bonds is 3. The minimum absolute atomic E-state index is 0.117. The summed E-state index contributed by atoms with van der Waals surface area (Å²) in [5.41, 5.74) is 3.65. The third-order valence-electron chi connectivity index (χ3n) is 4.77. The van der Waals surface area contributed by atoms with Gasteiger partial charge in [-0.25, -0.2) is 0 Å². The molecule has 0 aromatic heterocycles. The van der Waals surface area contributed by atoms with Crippen molar-refractivity contribution in [3.05, 3.63) is 77.4 Å². The molecule has 0 saturated carbocycles. The Morgan fingerprint density at radius 3 is 2.21 bits per heavy atom. The number of benzene rings is 2. The molecule has 1 atom stereocenters. The fraction of sp³-hybridized carbons (Fsp3) is 0.318. The molecule has 0 spiro atoms. The predicted molar refractivity (Wildman–Crippen MR) is 98.1 cm³/mol. The van der Waals surface area contributed by atoms with Gasteiger partial charge < -0.3 is 4.74 Å². The van der Waals surface area contributed by atoms with Crippen molar-refractivity contribution in [3.8, 4) is 0 Å². The summed E-state index contributed by atoms with van der Waals surface area (Å²) >= 11 is 0. The van der Waals surface area contributed by atoms with E-state index >= 15 is 0 Å². The lowest BCUT2D eigenvalue weighted by molar-refractivity contribution is -0.0153. The molecule has 1 aliphatic carbocycles. The van der Waals surface area contributed by atoms with Gasteiger partial charge in [-0.15, -0.1) is 0 Å². The zero-order valence-electron chi connectivity index (χ0n) is 14.8. The molecule has 0 amide bonds. The Labute approximate surface area is 144 Å². The van der Waals surface area contributed by atoms with E-state index in [1.54, 1.807) is 0 Å². The highest BCUT2D eigenvalue weighted by atomic mass is 16.5. The first kappa shape index (κ1) is 16.7. The van der Waals surface area contributed by atoms with Crippen LogP contribution in [0, 0.1) is 0 Å². The van der Waals surface area contributed by atoms with E-state index in [0.29, 0.717) is 6.61 Å². The third-order valence-corrected chi connectivity index (χ3v) is 4.77. The van der Waals surface area contributed by atoms with E-state index in [0.717, 1.165) is 27.8 Å². The number of carbonyl (C=O) groups excluding carboxylic acids is 1. The number of ketones is 1. The highest BCUT2D eigenvalue weighted by Gasteiger charge is 2.46. The highest BCUT2D eigenvalue weighted by Crippen LogP contribution is 2.48. The summed E-state index contributed by atoms with van der Waals surface area (Å²) in [6, 6.07) is 15.8. The summed E-state index contributed by atoms with van der Waals surface area (Å²) in [5, 5.41) is 0. The summed E-state index contributed by atoms with van der Waals surface area (Å²) in [7, 11) is 0. The second-order valence-electron chi connectivity index (χ2n) is 7.54. The summed E-state index contributed by atoms with van der Waals surface area (Å²) in [4.78, 5) is 13.2. The van der Waals surface area contributed by atoms with Gasteiger partial charge in [0.15, 0.2) is 5.78 Å². The van der Waals surface area contributed by atoms with E-state index in [1.165, 1.54) is 0 Å². The molecule has 0 heterocycles. The van der Waals surface area contributed by atoms with E-state index < -0.39 is 5.41 Å². The number of hydrogen-bond acceptors (Lipinski definition) is 2. The smallest absolute Gasteiger partial charge is 0.178 e. The normalized spacial score (nSPS) is 20.3. The van der Waals surface area contributed by atoms with Crippen molar-refractivity contribution >= 4 is 11.4 Å². The van der Waals surface area contributed by atoms with Gasteiger partial charge in [0.05, 0.1) is 17.6 Å². The number of carbonyl (C=O) groups is 1. The molecule has 2 aromatic carbocycles. The van der Waals surface area contributed by atoms with Crippen molar-refractivity contribution in [2.24, 2.45) is 0 Å². The molecule has 0 bridgehead atoms. The SMILES string of the molecule is C=C1c2ccccc2C(=O)C1(C)c1ccccc1COC(C)(C)C. The first-order valence-electron chi connectivity index (χ1n) is 8.31. The summed E-state index contributed by atoms with van der Waals surface area (Å²) in [6.45, 7) is 12.8. The second kappa shape index (κ2) is 5.71. The van der Waals surface area contributed by atoms with E-state index in [9.17, 15) is 4.79 Å². The Morgan fingerprint density at radius 2 is 1.58 bits per heavy atom. The van der Waals surface area contributed by atoms with Crippen molar-refractivity contribution in [1.82, 2.24) is 0 Å². The quantitative estimate of drug-likeness (QED) is 0.780. The van der Waals surface area contributed by atoms with Crippen LogP contribution in [0.15, 0.2) is 55.1 Å². The number of fused-ring (bicyclic) bond motifs is 1. The van der Waals surface area contributed by atoms with Gasteiger partial charge in [0.2, 0.25) is 0 Å². The van der Waals surface area contributed by atoms with Gasteiger partial charge >= 0.3 is 0 Å². The van der Waals surface area contributed by atoms with Crippen LogP contribution in [0.5, 0.6) is 0 Å². The molecule has 2 aromatic rings. The van der Waals surface area contributed by atoms with Gasteiger partial charge in [0.1, 0.15) is 0 Å². The molecule has 1 unspecified atom stereocenters. The minimum atomic E-state index is -0.735. The second-order valence-corrected chi connectivity index (χ2v) is 7.54. The molecular formula is C22H24O2. The number of Topliss-reactive ketones (excluding diaryl/α,β-unsaturated/α-hetero) is 1. The van der Waals surface area contributed by atoms with Gasteiger partial charge in [-0.1, -0.05) is 55.1 Å². The standard InChI is InChI=1S/C22H24O2/c1-15-17-11-7-8-12-18(17)20(23)22(15,5)19-13-9-6-10-16(19)14-24-21(2,3)4/h6-13H,1,14H2,2-5H3. The van der Waals surface area contributed by atoms with Crippen LogP contribution in [-0.4, -0.2) is 11.4 Å². The van der Waals surface area contributed by atoms with Crippen LogP contribution in [0.25, 0.3) is 5.57 Å². The van der Waals surface area contributed by atoms with Crippen LogP contribution in [0.2, 0.25) is 0 Å². The molecule has 1 aliphatic rings. The molecule has 0 aliphatic heterocycles. The van der Waals surface area contributed by atoms with E-state index in [2.05, 4.69) is 6.58 Å². The predicted octanol–water partition coefficient (Wildman–Crippen LogP) is 5.17. The Kier molecular flexibility index (Phi) is 3.97. The maximum atomic E-state index is 13.2. The number of hydrogen-bond donors (Lipinski definition) is 0. The topological polar surface area (TPSA) is 26.3 Å². The van der Waals surface area contributed by atoms with Crippen molar-refractivity contribution in [2.45, 2.75) is 45.3 Å². The van der Waals surface area contributed by atoms with Gasteiger partial charge in [0, 0.05) is 5.56 Å². The number of ether oxygens (including phenoxy) is 1. The summed E-state index contributed by atoms with van der Waals surface area (Å²) < 4.78 is 5.97. The third kappa shape index (κ3) is 2.61. The van der Waals surface area contributed by atoms with E-state index in [1.807, 2.05) is 76.2 Å². The molecule has 2 heteroatoms. The molecule has 2 nitrogen and oxygen atoms in total.